The molecule has 0 saturated carbocycles. The van der Waals surface area contributed by atoms with Gasteiger partial charge in [-0.25, -0.2) is 0 Å². The van der Waals surface area contributed by atoms with Gasteiger partial charge in [0.05, 0.1) is 7.11 Å². The molecule has 2 aromatic carbocycles. The molecule has 0 aliphatic rings. The molecule has 2 rings (SSSR count). The lowest BCUT2D eigenvalue weighted by atomic mass is 10.1. The van der Waals surface area contributed by atoms with Gasteiger partial charge in [0, 0.05) is 10.6 Å². The number of rotatable bonds is 5. The summed E-state index contributed by atoms with van der Waals surface area (Å²) in [7, 11) is 1.61. The van der Waals surface area contributed by atoms with Crippen molar-refractivity contribution < 1.29 is 9.47 Å². The van der Waals surface area contributed by atoms with Crippen LogP contribution in [-0.2, 0) is 6.42 Å². The van der Waals surface area contributed by atoms with Crippen molar-refractivity contribution in [2.75, 3.05) is 13.7 Å². The van der Waals surface area contributed by atoms with Crippen LogP contribution in [0.3, 0.4) is 0 Å². The molecule has 19 heavy (non-hydrogen) atoms. The Hall–Kier alpha value is -1.71. The molecule has 0 spiro atoms. The highest BCUT2D eigenvalue weighted by Gasteiger charge is 2.10. The highest BCUT2D eigenvalue weighted by Crippen LogP contribution is 2.35. The molecule has 0 aromatic heterocycles. The van der Waals surface area contributed by atoms with E-state index in [2.05, 4.69) is 0 Å². The van der Waals surface area contributed by atoms with Crippen LogP contribution in [0, 0.1) is 0 Å². The Morgan fingerprint density at radius 3 is 2.37 bits per heavy atom. The number of hydrogen-bond acceptors (Lipinski definition) is 3. The summed E-state index contributed by atoms with van der Waals surface area (Å²) in [5.74, 6) is 2.05. The summed E-state index contributed by atoms with van der Waals surface area (Å²) in [4.78, 5) is 0. The minimum absolute atomic E-state index is 0.520. The molecule has 0 heterocycles. The van der Waals surface area contributed by atoms with Crippen molar-refractivity contribution >= 4 is 11.6 Å². The monoisotopic (exact) mass is 277 g/mol. The number of benzene rings is 2. The SMILES string of the molecule is COc1ccccc1Oc1cccc(Cl)c1CCN. The van der Waals surface area contributed by atoms with Crippen molar-refractivity contribution in [1.29, 1.82) is 0 Å². The first-order chi connectivity index (χ1) is 9.26. The molecular weight excluding hydrogens is 262 g/mol. The summed E-state index contributed by atoms with van der Waals surface area (Å²) in [6.07, 6.45) is 0.671. The summed E-state index contributed by atoms with van der Waals surface area (Å²) in [6.45, 7) is 0.520. The summed E-state index contributed by atoms with van der Waals surface area (Å²) >= 11 is 6.18. The van der Waals surface area contributed by atoms with Crippen LogP contribution >= 0.6 is 11.6 Å². The van der Waals surface area contributed by atoms with Crippen LogP contribution in [0.4, 0.5) is 0 Å². The Morgan fingerprint density at radius 1 is 1.00 bits per heavy atom. The summed E-state index contributed by atoms with van der Waals surface area (Å²) in [5, 5.41) is 0.665. The molecule has 0 radical (unpaired) electrons. The van der Waals surface area contributed by atoms with Gasteiger partial charge < -0.3 is 15.2 Å². The molecule has 3 nitrogen and oxygen atoms in total. The second-order valence-electron chi connectivity index (χ2n) is 4.01. The van der Waals surface area contributed by atoms with E-state index >= 15 is 0 Å². The standard InChI is InChI=1S/C15H16ClNO2/c1-18-14-6-2-3-7-15(14)19-13-8-4-5-12(16)11(13)9-10-17/h2-8H,9-10,17H2,1H3. The second kappa shape index (κ2) is 6.45. The van der Waals surface area contributed by atoms with E-state index in [0.717, 1.165) is 5.56 Å². The Balaban J connectivity index is 2.35. The zero-order valence-electron chi connectivity index (χ0n) is 10.7. The predicted molar refractivity (Wildman–Crippen MR) is 77.3 cm³/mol. The normalized spacial score (nSPS) is 10.3. The minimum Gasteiger partial charge on any atom is -0.493 e. The van der Waals surface area contributed by atoms with Gasteiger partial charge in [-0.05, 0) is 37.2 Å². The van der Waals surface area contributed by atoms with Gasteiger partial charge in [-0.15, -0.1) is 0 Å². The van der Waals surface area contributed by atoms with Gasteiger partial charge in [0.15, 0.2) is 11.5 Å². The van der Waals surface area contributed by atoms with E-state index in [1.165, 1.54) is 0 Å². The third kappa shape index (κ3) is 3.19. The highest BCUT2D eigenvalue weighted by atomic mass is 35.5. The maximum Gasteiger partial charge on any atom is 0.169 e. The zero-order chi connectivity index (χ0) is 13.7. The van der Waals surface area contributed by atoms with Gasteiger partial charge in [0.2, 0.25) is 0 Å². The van der Waals surface area contributed by atoms with E-state index in [-0.39, 0.29) is 0 Å². The average Bonchev–Trinajstić information content (AvgIpc) is 2.43. The zero-order valence-corrected chi connectivity index (χ0v) is 11.5. The molecule has 0 aliphatic heterocycles. The Bertz CT molecular complexity index is 558. The van der Waals surface area contributed by atoms with E-state index in [1.807, 2.05) is 42.5 Å². The Labute approximate surface area is 117 Å². The molecule has 0 fully saturated rings. The van der Waals surface area contributed by atoms with Gasteiger partial charge in [-0.3, -0.25) is 0 Å². The maximum atomic E-state index is 6.18. The van der Waals surface area contributed by atoms with Crippen LogP contribution in [0.15, 0.2) is 42.5 Å². The van der Waals surface area contributed by atoms with Gasteiger partial charge in [0.1, 0.15) is 5.75 Å². The highest BCUT2D eigenvalue weighted by molar-refractivity contribution is 6.31. The lowest BCUT2D eigenvalue weighted by molar-refractivity contribution is 0.377. The molecule has 0 atom stereocenters. The summed E-state index contributed by atoms with van der Waals surface area (Å²) in [5.41, 5.74) is 6.52. The molecule has 4 heteroatoms. The van der Waals surface area contributed by atoms with Crippen molar-refractivity contribution in [3.05, 3.63) is 53.1 Å². The van der Waals surface area contributed by atoms with Crippen LogP contribution in [0.5, 0.6) is 17.2 Å². The minimum atomic E-state index is 0.520. The summed E-state index contributed by atoms with van der Waals surface area (Å²) < 4.78 is 11.2. The molecule has 2 aromatic rings. The third-order valence-electron chi connectivity index (χ3n) is 2.76. The van der Waals surface area contributed by atoms with Crippen molar-refractivity contribution in [2.24, 2.45) is 5.73 Å². The van der Waals surface area contributed by atoms with E-state index in [0.29, 0.717) is 35.2 Å². The molecule has 0 saturated heterocycles. The van der Waals surface area contributed by atoms with Crippen LogP contribution in [0.2, 0.25) is 5.02 Å². The number of nitrogens with two attached hydrogens (primary N) is 1. The number of halogens is 1. The Kier molecular flexibility index (Phi) is 4.66. The van der Waals surface area contributed by atoms with Crippen molar-refractivity contribution in [2.45, 2.75) is 6.42 Å². The topological polar surface area (TPSA) is 44.5 Å². The molecule has 0 unspecified atom stereocenters. The molecular formula is C15H16ClNO2. The van der Waals surface area contributed by atoms with Gasteiger partial charge in [-0.2, -0.15) is 0 Å². The first-order valence-electron chi connectivity index (χ1n) is 6.04. The number of ether oxygens (including phenoxy) is 2. The second-order valence-corrected chi connectivity index (χ2v) is 4.42. The number of methoxy groups -OCH3 is 1. The van der Waals surface area contributed by atoms with Crippen molar-refractivity contribution in [3.8, 4) is 17.2 Å². The molecule has 0 amide bonds. The lowest BCUT2D eigenvalue weighted by Crippen LogP contribution is -2.04. The van der Waals surface area contributed by atoms with E-state index < -0.39 is 0 Å². The number of hydrogen-bond donors (Lipinski definition) is 1. The fourth-order valence-corrected chi connectivity index (χ4v) is 2.10. The molecule has 2 N–H and O–H groups in total. The van der Waals surface area contributed by atoms with E-state index in [1.54, 1.807) is 7.11 Å². The van der Waals surface area contributed by atoms with Crippen LogP contribution in [-0.4, -0.2) is 13.7 Å². The quantitative estimate of drug-likeness (QED) is 0.907. The van der Waals surface area contributed by atoms with Crippen molar-refractivity contribution in [3.63, 3.8) is 0 Å². The molecule has 0 bridgehead atoms. The van der Waals surface area contributed by atoms with Gasteiger partial charge in [0.25, 0.3) is 0 Å². The smallest absolute Gasteiger partial charge is 0.169 e. The first-order valence-corrected chi connectivity index (χ1v) is 6.42. The van der Waals surface area contributed by atoms with Crippen molar-refractivity contribution in [1.82, 2.24) is 0 Å². The fraction of sp³-hybridized carbons (Fsp3) is 0.200. The average molecular weight is 278 g/mol. The fourth-order valence-electron chi connectivity index (χ4n) is 1.84. The number of para-hydroxylation sites is 2. The lowest BCUT2D eigenvalue weighted by Gasteiger charge is -2.14. The van der Waals surface area contributed by atoms with Crippen LogP contribution in [0.25, 0.3) is 0 Å². The largest absolute Gasteiger partial charge is 0.493 e. The summed E-state index contributed by atoms with van der Waals surface area (Å²) in [6, 6.07) is 13.1. The van der Waals surface area contributed by atoms with E-state index in [9.17, 15) is 0 Å². The molecule has 100 valence electrons. The van der Waals surface area contributed by atoms with Crippen LogP contribution < -0.4 is 15.2 Å². The van der Waals surface area contributed by atoms with E-state index in [4.69, 9.17) is 26.8 Å². The van der Waals surface area contributed by atoms with Gasteiger partial charge >= 0.3 is 0 Å². The third-order valence-corrected chi connectivity index (χ3v) is 3.11. The first kappa shape index (κ1) is 13.7. The predicted octanol–water partition coefficient (Wildman–Crippen LogP) is 3.64. The Morgan fingerprint density at radius 2 is 1.68 bits per heavy atom. The van der Waals surface area contributed by atoms with Gasteiger partial charge in [-0.1, -0.05) is 29.8 Å². The maximum absolute atomic E-state index is 6.18. The van der Waals surface area contributed by atoms with Crippen LogP contribution in [0.1, 0.15) is 5.56 Å². The molecule has 0 aliphatic carbocycles.